The minimum absolute atomic E-state index is 0.264. The fourth-order valence-corrected chi connectivity index (χ4v) is 2.96. The smallest absolute Gasteiger partial charge is 0.163 e. The SMILES string of the molecule is COc1cc(F)c(C(Br)c2cccc(Br)c2)cc1OC. The minimum Gasteiger partial charge on any atom is -0.493 e. The first-order chi connectivity index (χ1) is 9.56. The third-order valence-electron chi connectivity index (χ3n) is 2.92. The van der Waals surface area contributed by atoms with Crippen molar-refractivity contribution in [3.8, 4) is 11.5 Å². The number of hydrogen-bond acceptors (Lipinski definition) is 2. The van der Waals surface area contributed by atoms with E-state index >= 15 is 0 Å². The Labute approximate surface area is 134 Å². The second kappa shape index (κ2) is 6.59. The largest absolute Gasteiger partial charge is 0.493 e. The Bertz CT molecular complexity index is 617. The van der Waals surface area contributed by atoms with Crippen molar-refractivity contribution in [1.82, 2.24) is 0 Å². The van der Waals surface area contributed by atoms with Crippen LogP contribution in [-0.2, 0) is 0 Å². The van der Waals surface area contributed by atoms with Crippen LogP contribution in [-0.4, -0.2) is 14.2 Å². The molecule has 0 fully saturated rings. The van der Waals surface area contributed by atoms with E-state index in [4.69, 9.17) is 9.47 Å². The molecule has 5 heteroatoms. The zero-order valence-electron chi connectivity index (χ0n) is 11.0. The number of rotatable bonds is 4. The van der Waals surface area contributed by atoms with Crippen LogP contribution in [0.3, 0.4) is 0 Å². The van der Waals surface area contributed by atoms with Crippen LogP contribution in [0.1, 0.15) is 16.0 Å². The summed E-state index contributed by atoms with van der Waals surface area (Å²) in [7, 11) is 3.01. The summed E-state index contributed by atoms with van der Waals surface area (Å²) in [6.07, 6.45) is 0. The van der Waals surface area contributed by atoms with Crippen LogP contribution < -0.4 is 9.47 Å². The first kappa shape index (κ1) is 15.3. The van der Waals surface area contributed by atoms with E-state index in [1.807, 2.05) is 24.3 Å². The summed E-state index contributed by atoms with van der Waals surface area (Å²) in [4.78, 5) is -0.264. The van der Waals surface area contributed by atoms with E-state index < -0.39 is 0 Å². The molecule has 0 aliphatic carbocycles. The van der Waals surface area contributed by atoms with Gasteiger partial charge in [0.05, 0.1) is 19.0 Å². The molecule has 2 aromatic rings. The van der Waals surface area contributed by atoms with E-state index in [0.29, 0.717) is 17.1 Å². The maximum Gasteiger partial charge on any atom is 0.163 e. The van der Waals surface area contributed by atoms with Gasteiger partial charge in [0.1, 0.15) is 5.82 Å². The Morgan fingerprint density at radius 2 is 1.70 bits per heavy atom. The monoisotopic (exact) mass is 402 g/mol. The molecule has 2 nitrogen and oxygen atoms in total. The minimum atomic E-state index is -0.343. The Morgan fingerprint density at radius 3 is 2.30 bits per heavy atom. The molecule has 2 aromatic carbocycles. The molecule has 0 spiro atoms. The van der Waals surface area contributed by atoms with Crippen molar-refractivity contribution < 1.29 is 13.9 Å². The maximum atomic E-state index is 14.2. The summed E-state index contributed by atoms with van der Waals surface area (Å²) in [5, 5.41) is 0. The molecule has 0 bridgehead atoms. The first-order valence-corrected chi connectivity index (χ1v) is 7.58. The molecule has 0 saturated carbocycles. The average molecular weight is 404 g/mol. The van der Waals surface area contributed by atoms with Crippen molar-refractivity contribution in [2.75, 3.05) is 14.2 Å². The van der Waals surface area contributed by atoms with E-state index in [2.05, 4.69) is 31.9 Å². The molecular formula is C15H13Br2FO2. The molecule has 1 unspecified atom stereocenters. The predicted octanol–water partition coefficient (Wildman–Crippen LogP) is 5.09. The lowest BCUT2D eigenvalue weighted by atomic mass is 10.0. The number of hydrogen-bond donors (Lipinski definition) is 0. The molecule has 0 radical (unpaired) electrons. The quantitative estimate of drug-likeness (QED) is 0.662. The van der Waals surface area contributed by atoms with Crippen molar-refractivity contribution in [3.63, 3.8) is 0 Å². The van der Waals surface area contributed by atoms with Gasteiger partial charge in [-0.1, -0.05) is 44.0 Å². The average Bonchev–Trinajstić information content (AvgIpc) is 2.46. The van der Waals surface area contributed by atoms with Crippen LogP contribution in [0.2, 0.25) is 0 Å². The van der Waals surface area contributed by atoms with Gasteiger partial charge in [-0.15, -0.1) is 0 Å². The Morgan fingerprint density at radius 1 is 1.05 bits per heavy atom. The lowest BCUT2D eigenvalue weighted by molar-refractivity contribution is 0.351. The highest BCUT2D eigenvalue weighted by Crippen LogP contribution is 2.38. The molecule has 0 aliphatic rings. The van der Waals surface area contributed by atoms with Gasteiger partial charge < -0.3 is 9.47 Å². The third-order valence-corrected chi connectivity index (χ3v) is 4.43. The van der Waals surface area contributed by atoms with Gasteiger partial charge in [0, 0.05) is 16.1 Å². The molecule has 0 N–H and O–H groups in total. The van der Waals surface area contributed by atoms with Crippen molar-refractivity contribution in [2.45, 2.75) is 4.83 Å². The summed E-state index contributed by atoms with van der Waals surface area (Å²) in [6.45, 7) is 0. The lowest BCUT2D eigenvalue weighted by Crippen LogP contribution is -2.00. The van der Waals surface area contributed by atoms with Gasteiger partial charge in [-0.3, -0.25) is 0 Å². The normalized spacial score (nSPS) is 12.1. The summed E-state index contributed by atoms with van der Waals surface area (Å²) in [6, 6.07) is 10.7. The van der Waals surface area contributed by atoms with E-state index in [1.165, 1.54) is 20.3 Å². The Hall–Kier alpha value is -1.07. The van der Waals surface area contributed by atoms with Gasteiger partial charge in [-0.25, -0.2) is 4.39 Å². The zero-order chi connectivity index (χ0) is 14.7. The highest BCUT2D eigenvalue weighted by atomic mass is 79.9. The van der Waals surface area contributed by atoms with Crippen LogP contribution in [0.25, 0.3) is 0 Å². The van der Waals surface area contributed by atoms with Crippen LogP contribution in [0.4, 0.5) is 4.39 Å². The van der Waals surface area contributed by atoms with E-state index in [1.54, 1.807) is 6.07 Å². The fourth-order valence-electron chi connectivity index (χ4n) is 1.91. The second-order valence-corrected chi connectivity index (χ2v) is 5.98. The molecule has 106 valence electrons. The Kier molecular flexibility index (Phi) is 5.05. The molecule has 0 aromatic heterocycles. The van der Waals surface area contributed by atoms with Gasteiger partial charge >= 0.3 is 0 Å². The van der Waals surface area contributed by atoms with Gasteiger partial charge in [0.25, 0.3) is 0 Å². The predicted molar refractivity (Wildman–Crippen MR) is 84.4 cm³/mol. The molecular weight excluding hydrogens is 391 g/mol. The number of benzene rings is 2. The number of methoxy groups -OCH3 is 2. The van der Waals surface area contributed by atoms with E-state index in [9.17, 15) is 4.39 Å². The zero-order valence-corrected chi connectivity index (χ0v) is 14.2. The molecule has 0 saturated heterocycles. The van der Waals surface area contributed by atoms with Gasteiger partial charge in [0.15, 0.2) is 11.5 Å². The maximum absolute atomic E-state index is 14.2. The van der Waals surface area contributed by atoms with Crippen molar-refractivity contribution in [1.29, 1.82) is 0 Å². The number of halogens is 3. The summed E-state index contributed by atoms with van der Waals surface area (Å²) in [5.41, 5.74) is 1.45. The second-order valence-electron chi connectivity index (χ2n) is 4.15. The topological polar surface area (TPSA) is 18.5 Å². The van der Waals surface area contributed by atoms with E-state index in [-0.39, 0.29) is 10.6 Å². The molecule has 0 heterocycles. The van der Waals surface area contributed by atoms with Crippen molar-refractivity contribution in [3.05, 3.63) is 57.8 Å². The highest BCUT2D eigenvalue weighted by Gasteiger charge is 2.19. The van der Waals surface area contributed by atoms with Crippen molar-refractivity contribution >= 4 is 31.9 Å². The molecule has 0 aliphatic heterocycles. The number of alkyl halides is 1. The summed E-state index contributed by atoms with van der Waals surface area (Å²) in [5.74, 6) is 0.538. The summed E-state index contributed by atoms with van der Waals surface area (Å²) < 4.78 is 25.5. The molecule has 20 heavy (non-hydrogen) atoms. The lowest BCUT2D eigenvalue weighted by Gasteiger charge is -2.15. The van der Waals surface area contributed by atoms with Gasteiger partial charge in [-0.2, -0.15) is 0 Å². The highest BCUT2D eigenvalue weighted by molar-refractivity contribution is 9.10. The van der Waals surface area contributed by atoms with Crippen LogP contribution in [0.5, 0.6) is 11.5 Å². The fraction of sp³-hybridized carbons (Fsp3) is 0.200. The number of ether oxygens (including phenoxy) is 2. The van der Waals surface area contributed by atoms with Crippen LogP contribution in [0.15, 0.2) is 40.9 Å². The Balaban J connectivity index is 2.46. The van der Waals surface area contributed by atoms with Gasteiger partial charge in [0.2, 0.25) is 0 Å². The van der Waals surface area contributed by atoms with Crippen LogP contribution in [0, 0.1) is 5.82 Å². The third kappa shape index (κ3) is 3.15. The molecule has 0 amide bonds. The van der Waals surface area contributed by atoms with Crippen LogP contribution >= 0.6 is 31.9 Å². The first-order valence-electron chi connectivity index (χ1n) is 5.87. The standard InChI is InChI=1S/C15H13Br2FO2/c1-19-13-7-11(12(18)8-14(13)20-2)15(17)9-4-3-5-10(16)6-9/h3-8,15H,1-2H3. The van der Waals surface area contributed by atoms with Gasteiger partial charge in [-0.05, 0) is 23.8 Å². The molecule has 2 rings (SSSR count). The van der Waals surface area contributed by atoms with E-state index in [0.717, 1.165) is 10.0 Å². The molecule has 1 atom stereocenters. The van der Waals surface area contributed by atoms with Crippen molar-refractivity contribution in [2.24, 2.45) is 0 Å². The summed E-state index contributed by atoms with van der Waals surface area (Å²) >= 11 is 6.94.